The third kappa shape index (κ3) is 5.99. The summed E-state index contributed by atoms with van der Waals surface area (Å²) in [6.07, 6.45) is 0.613. The predicted molar refractivity (Wildman–Crippen MR) is 93.1 cm³/mol. The smallest absolute Gasteiger partial charge is 0.330 e. The van der Waals surface area contributed by atoms with E-state index in [4.69, 9.17) is 16.2 Å². The topological polar surface area (TPSA) is 95.4 Å². The van der Waals surface area contributed by atoms with Crippen LogP contribution in [0.15, 0.2) is 60.7 Å². The Labute approximate surface area is 143 Å². The molecule has 0 heterocycles. The molecule has 4 N–H and O–H groups in total. The highest BCUT2D eigenvalue weighted by molar-refractivity contribution is 5.90. The van der Waals surface area contributed by atoms with Crippen molar-refractivity contribution in [1.82, 2.24) is 0 Å². The molecule has 0 aliphatic carbocycles. The second kappa shape index (κ2) is 9.65. The zero-order chi connectivity index (χ0) is 16.7. The Balaban J connectivity index is 0.00000288. The summed E-state index contributed by atoms with van der Waals surface area (Å²) >= 11 is 0. The Morgan fingerprint density at radius 1 is 0.750 bits per heavy atom. The van der Waals surface area contributed by atoms with E-state index in [1.165, 1.54) is 0 Å². The van der Waals surface area contributed by atoms with Gasteiger partial charge in [0.05, 0.1) is 0 Å². The van der Waals surface area contributed by atoms with Gasteiger partial charge in [0.25, 0.3) is 0 Å². The van der Waals surface area contributed by atoms with Gasteiger partial charge in [0.1, 0.15) is 12.1 Å². The van der Waals surface area contributed by atoms with E-state index >= 15 is 0 Å². The number of nitrogens with two attached hydrogens (primary N) is 2. The van der Waals surface area contributed by atoms with E-state index < -0.39 is 24.0 Å². The van der Waals surface area contributed by atoms with E-state index in [9.17, 15) is 9.59 Å². The number of carbonyl (C=O) groups is 2. The summed E-state index contributed by atoms with van der Waals surface area (Å²) in [4.78, 5) is 23.8. The lowest BCUT2D eigenvalue weighted by atomic mass is 10.1. The fourth-order valence-electron chi connectivity index (χ4n) is 2.15. The average Bonchev–Trinajstić information content (AvgIpc) is 2.56. The van der Waals surface area contributed by atoms with Crippen molar-refractivity contribution in [2.45, 2.75) is 24.9 Å². The number of rotatable bonds is 6. The minimum absolute atomic E-state index is 0. The number of hydrogen-bond donors (Lipinski definition) is 2. The molecule has 2 rings (SSSR count). The molecule has 0 aromatic heterocycles. The van der Waals surface area contributed by atoms with Crippen molar-refractivity contribution in [1.29, 1.82) is 0 Å². The Bertz CT molecular complexity index is 592. The van der Waals surface area contributed by atoms with Gasteiger partial charge in [-0.05, 0) is 24.0 Å². The first-order chi connectivity index (χ1) is 11.1. The maximum absolute atomic E-state index is 11.9. The molecule has 6 heteroatoms. The van der Waals surface area contributed by atoms with Gasteiger partial charge in [-0.15, -0.1) is 0 Å². The van der Waals surface area contributed by atoms with Crippen LogP contribution in [-0.4, -0.2) is 32.4 Å². The van der Waals surface area contributed by atoms with Crippen molar-refractivity contribution in [2.24, 2.45) is 11.5 Å². The molecule has 2 atom stereocenters. The third-order valence-electron chi connectivity index (χ3n) is 3.40. The monoisotopic (exact) mass is 323 g/mol. The zero-order valence-electron chi connectivity index (χ0n) is 13.3. The molecular formula is C18H20BN2O3. The molecule has 5 nitrogen and oxygen atoms in total. The molecule has 2 unspecified atom stereocenters. The molecule has 0 amide bonds. The summed E-state index contributed by atoms with van der Waals surface area (Å²) in [5, 5.41) is 0. The normalized spacial score (nSPS) is 12.6. The van der Waals surface area contributed by atoms with Crippen LogP contribution in [0.2, 0.25) is 0 Å². The van der Waals surface area contributed by atoms with Gasteiger partial charge >= 0.3 is 11.9 Å². The van der Waals surface area contributed by atoms with Crippen LogP contribution in [0.3, 0.4) is 0 Å². The molecule has 0 spiro atoms. The predicted octanol–water partition coefficient (Wildman–Crippen LogP) is 0.815. The van der Waals surface area contributed by atoms with Crippen LogP contribution in [0.1, 0.15) is 11.1 Å². The van der Waals surface area contributed by atoms with Crippen molar-refractivity contribution in [2.75, 3.05) is 0 Å². The molecule has 0 saturated carbocycles. The first-order valence-corrected chi connectivity index (χ1v) is 7.41. The van der Waals surface area contributed by atoms with Gasteiger partial charge < -0.3 is 16.2 Å². The third-order valence-corrected chi connectivity index (χ3v) is 3.40. The van der Waals surface area contributed by atoms with Crippen LogP contribution in [0.5, 0.6) is 0 Å². The maximum atomic E-state index is 11.9. The summed E-state index contributed by atoms with van der Waals surface area (Å²) in [6, 6.07) is 16.8. The van der Waals surface area contributed by atoms with Gasteiger partial charge in [0, 0.05) is 8.41 Å². The number of hydrogen-bond acceptors (Lipinski definition) is 5. The van der Waals surface area contributed by atoms with E-state index in [1.54, 1.807) is 0 Å². The molecule has 0 fully saturated rings. The van der Waals surface area contributed by atoms with E-state index in [0.717, 1.165) is 11.1 Å². The Morgan fingerprint density at radius 2 is 1.08 bits per heavy atom. The molecule has 0 aliphatic heterocycles. The first-order valence-electron chi connectivity index (χ1n) is 7.41. The molecule has 2 aromatic rings. The summed E-state index contributed by atoms with van der Waals surface area (Å²) in [7, 11) is 0. The van der Waals surface area contributed by atoms with Crippen LogP contribution in [-0.2, 0) is 27.2 Å². The lowest BCUT2D eigenvalue weighted by Gasteiger charge is -2.13. The summed E-state index contributed by atoms with van der Waals surface area (Å²) in [5.41, 5.74) is 13.4. The lowest BCUT2D eigenvalue weighted by Crippen LogP contribution is -2.41. The molecule has 24 heavy (non-hydrogen) atoms. The fraction of sp³-hybridized carbons (Fsp3) is 0.222. The molecule has 0 saturated heterocycles. The number of ether oxygens (including phenoxy) is 1. The highest BCUT2D eigenvalue weighted by Gasteiger charge is 2.23. The Hall–Kier alpha value is -2.44. The van der Waals surface area contributed by atoms with Gasteiger partial charge in [0.15, 0.2) is 0 Å². The fourth-order valence-corrected chi connectivity index (χ4v) is 2.15. The highest BCUT2D eigenvalue weighted by Crippen LogP contribution is 2.06. The molecule has 0 bridgehead atoms. The van der Waals surface area contributed by atoms with E-state index in [-0.39, 0.29) is 8.41 Å². The van der Waals surface area contributed by atoms with Crippen molar-refractivity contribution in [3.8, 4) is 0 Å². The van der Waals surface area contributed by atoms with Crippen molar-refractivity contribution < 1.29 is 14.3 Å². The Morgan fingerprint density at radius 3 is 1.42 bits per heavy atom. The largest absolute Gasteiger partial charge is 0.391 e. The second-order valence-electron chi connectivity index (χ2n) is 5.33. The number of esters is 2. The van der Waals surface area contributed by atoms with Gasteiger partial charge in [-0.25, -0.2) is 9.59 Å². The summed E-state index contributed by atoms with van der Waals surface area (Å²) in [6.45, 7) is 0. The molecule has 3 radical (unpaired) electrons. The molecular weight excluding hydrogens is 303 g/mol. The SMILES string of the molecule is NC(Cc1ccccc1)C(=O)OC(=O)C(N)Cc1ccccc1.[B]. The van der Waals surface area contributed by atoms with Crippen LogP contribution in [0.25, 0.3) is 0 Å². The quantitative estimate of drug-likeness (QED) is 0.466. The highest BCUT2D eigenvalue weighted by atomic mass is 16.6. The van der Waals surface area contributed by atoms with Gasteiger partial charge in [-0.1, -0.05) is 60.7 Å². The van der Waals surface area contributed by atoms with Crippen LogP contribution < -0.4 is 11.5 Å². The van der Waals surface area contributed by atoms with Gasteiger partial charge in [-0.3, -0.25) is 0 Å². The summed E-state index contributed by atoms with van der Waals surface area (Å²) in [5.74, 6) is -1.52. The van der Waals surface area contributed by atoms with Crippen LogP contribution >= 0.6 is 0 Å². The minimum atomic E-state index is -0.898. The molecule has 0 aliphatic rings. The summed E-state index contributed by atoms with van der Waals surface area (Å²) < 4.78 is 4.79. The first kappa shape index (κ1) is 19.6. The van der Waals surface area contributed by atoms with Crippen molar-refractivity contribution in [3.05, 3.63) is 71.8 Å². The molecule has 2 aromatic carbocycles. The lowest BCUT2D eigenvalue weighted by molar-refractivity contribution is -0.161. The average molecular weight is 323 g/mol. The minimum Gasteiger partial charge on any atom is -0.391 e. The Kier molecular flexibility index (Phi) is 7.88. The number of benzene rings is 2. The number of carbonyl (C=O) groups excluding carboxylic acids is 2. The zero-order valence-corrected chi connectivity index (χ0v) is 13.3. The van der Waals surface area contributed by atoms with Crippen LogP contribution in [0, 0.1) is 0 Å². The van der Waals surface area contributed by atoms with E-state index in [0.29, 0.717) is 12.8 Å². The van der Waals surface area contributed by atoms with E-state index in [2.05, 4.69) is 0 Å². The molecule has 123 valence electrons. The van der Waals surface area contributed by atoms with Gasteiger partial charge in [0.2, 0.25) is 0 Å². The van der Waals surface area contributed by atoms with Crippen molar-refractivity contribution in [3.63, 3.8) is 0 Å². The van der Waals surface area contributed by atoms with Crippen LogP contribution in [0.4, 0.5) is 0 Å². The van der Waals surface area contributed by atoms with Gasteiger partial charge in [-0.2, -0.15) is 0 Å². The maximum Gasteiger partial charge on any atom is 0.330 e. The second-order valence-corrected chi connectivity index (χ2v) is 5.33. The van der Waals surface area contributed by atoms with E-state index in [1.807, 2.05) is 60.7 Å². The van der Waals surface area contributed by atoms with Crippen molar-refractivity contribution >= 4 is 20.4 Å². The standard InChI is InChI=1S/C18H20N2O3.B/c19-15(11-13-7-3-1-4-8-13)17(21)23-18(22)16(20)12-14-9-5-2-6-10-14;/h1-10,15-16H,11-12,19-20H2;.